The molecule has 0 rings (SSSR count). The zero-order valence-corrected chi connectivity index (χ0v) is 46.4. The van der Waals surface area contributed by atoms with E-state index in [0.29, 0.717) is 19.3 Å². The number of allylic oxidation sites excluding steroid dienone is 24. The summed E-state index contributed by atoms with van der Waals surface area (Å²) in [7, 11) is 0. The van der Waals surface area contributed by atoms with Gasteiger partial charge in [-0.25, -0.2) is 0 Å². The first-order valence-corrected chi connectivity index (χ1v) is 29.4. The Morgan fingerprint density at radius 3 is 0.931 bits per heavy atom. The van der Waals surface area contributed by atoms with Crippen LogP contribution in [0.15, 0.2) is 146 Å². The van der Waals surface area contributed by atoms with Gasteiger partial charge in [0.15, 0.2) is 6.10 Å². The van der Waals surface area contributed by atoms with Crippen LogP contribution in [0.5, 0.6) is 0 Å². The van der Waals surface area contributed by atoms with Crippen molar-refractivity contribution in [1.29, 1.82) is 0 Å². The van der Waals surface area contributed by atoms with Crippen molar-refractivity contribution in [3.63, 3.8) is 0 Å². The summed E-state index contributed by atoms with van der Waals surface area (Å²) in [4.78, 5) is 24.5. The fourth-order valence-corrected chi connectivity index (χ4v) is 7.73. The number of aliphatic hydroxyl groups is 1. The maximum Gasteiger partial charge on any atom is 0.306 e. The lowest BCUT2D eigenvalue weighted by Gasteiger charge is -2.15. The number of ether oxygens (including phenoxy) is 2. The molecule has 0 saturated heterocycles. The summed E-state index contributed by atoms with van der Waals surface area (Å²) >= 11 is 0. The number of carbonyl (C=O) groups excluding carboxylic acids is 2. The summed E-state index contributed by atoms with van der Waals surface area (Å²) in [6.45, 7) is 3.98. The van der Waals surface area contributed by atoms with Crippen molar-refractivity contribution < 1.29 is 24.2 Å². The largest absolute Gasteiger partial charge is 0.462 e. The van der Waals surface area contributed by atoms with E-state index in [9.17, 15) is 14.7 Å². The van der Waals surface area contributed by atoms with Crippen molar-refractivity contribution in [3.05, 3.63) is 146 Å². The monoisotopic (exact) mass is 993 g/mol. The van der Waals surface area contributed by atoms with Crippen LogP contribution in [0.25, 0.3) is 0 Å². The smallest absolute Gasteiger partial charge is 0.306 e. The number of esters is 2. The average molecular weight is 994 g/mol. The maximum absolute atomic E-state index is 12.3. The van der Waals surface area contributed by atoms with Gasteiger partial charge in [-0.05, 0) is 122 Å². The van der Waals surface area contributed by atoms with Gasteiger partial charge < -0.3 is 14.6 Å². The molecule has 406 valence electrons. The number of hydrogen-bond acceptors (Lipinski definition) is 5. The highest BCUT2D eigenvalue weighted by Gasteiger charge is 2.16. The molecule has 1 unspecified atom stereocenters. The number of rotatable bonds is 52. The molecule has 0 aromatic heterocycles. The quantitative estimate of drug-likeness (QED) is 0.0373. The predicted octanol–water partition coefficient (Wildman–Crippen LogP) is 20.2. The molecule has 1 N–H and O–H groups in total. The lowest BCUT2D eigenvalue weighted by atomic mass is 10.0. The van der Waals surface area contributed by atoms with Crippen molar-refractivity contribution in [2.75, 3.05) is 13.2 Å². The molecule has 0 fully saturated rings. The molecule has 0 heterocycles. The fraction of sp³-hybridized carbons (Fsp3) is 0.612. The third kappa shape index (κ3) is 58.4. The third-order valence-corrected chi connectivity index (χ3v) is 12.1. The summed E-state index contributed by atoms with van der Waals surface area (Å²) < 4.78 is 10.7. The molecular weight excluding hydrogens is 885 g/mol. The van der Waals surface area contributed by atoms with Gasteiger partial charge in [0.2, 0.25) is 0 Å². The molecule has 0 saturated carbocycles. The van der Waals surface area contributed by atoms with Crippen LogP contribution in [-0.4, -0.2) is 36.4 Å². The SMILES string of the molecule is CC/C=C\C/C=C\C/C=C\C/C=C\C/C=C\C/C=C\C/C=C\C/C=C\C/C=C\C/C=C\CCCCC(=O)OC(CO)COC(=O)CCCCCCCCCCCCCCC/C=C\C/C=C\CCCCCCC. The van der Waals surface area contributed by atoms with Crippen LogP contribution in [0.4, 0.5) is 0 Å². The maximum atomic E-state index is 12.3. The van der Waals surface area contributed by atoms with Crippen LogP contribution in [0.1, 0.15) is 245 Å². The van der Waals surface area contributed by atoms with Gasteiger partial charge in [0, 0.05) is 12.8 Å². The van der Waals surface area contributed by atoms with Crippen LogP contribution >= 0.6 is 0 Å². The van der Waals surface area contributed by atoms with E-state index >= 15 is 0 Å². The van der Waals surface area contributed by atoms with Gasteiger partial charge in [0.05, 0.1) is 6.61 Å². The Bertz CT molecular complexity index is 1540. The fourth-order valence-electron chi connectivity index (χ4n) is 7.73. The van der Waals surface area contributed by atoms with Gasteiger partial charge in [-0.1, -0.05) is 256 Å². The molecule has 72 heavy (non-hydrogen) atoms. The minimum absolute atomic E-state index is 0.0926. The summed E-state index contributed by atoms with van der Waals surface area (Å²) in [5.74, 6) is -0.649. The minimum Gasteiger partial charge on any atom is -0.462 e. The first-order valence-electron chi connectivity index (χ1n) is 29.4. The molecule has 0 bridgehead atoms. The van der Waals surface area contributed by atoms with Gasteiger partial charge in [-0.2, -0.15) is 0 Å². The van der Waals surface area contributed by atoms with Crippen LogP contribution in [0, 0.1) is 0 Å². The molecule has 0 spiro atoms. The molecule has 0 aliphatic rings. The molecule has 0 amide bonds. The van der Waals surface area contributed by atoms with E-state index in [0.717, 1.165) is 103 Å². The minimum atomic E-state index is -0.807. The summed E-state index contributed by atoms with van der Waals surface area (Å²) in [6.07, 6.45) is 92.5. The van der Waals surface area contributed by atoms with Gasteiger partial charge in [-0.15, -0.1) is 0 Å². The Labute approximate surface area is 444 Å². The second-order valence-electron chi connectivity index (χ2n) is 19.0. The molecule has 0 aromatic carbocycles. The summed E-state index contributed by atoms with van der Waals surface area (Å²) in [6, 6.07) is 0. The number of unbranched alkanes of at least 4 members (excludes halogenated alkanes) is 20. The van der Waals surface area contributed by atoms with Crippen molar-refractivity contribution in [3.8, 4) is 0 Å². The Morgan fingerprint density at radius 1 is 0.333 bits per heavy atom. The Balaban J connectivity index is 3.65. The van der Waals surface area contributed by atoms with Gasteiger partial charge >= 0.3 is 11.9 Å². The van der Waals surface area contributed by atoms with E-state index in [1.54, 1.807) is 0 Å². The van der Waals surface area contributed by atoms with E-state index in [1.807, 2.05) is 0 Å². The molecule has 5 heteroatoms. The topological polar surface area (TPSA) is 72.8 Å². The number of aliphatic hydroxyl groups excluding tert-OH is 1. The van der Waals surface area contributed by atoms with Crippen molar-refractivity contribution in [2.24, 2.45) is 0 Å². The Morgan fingerprint density at radius 2 is 0.597 bits per heavy atom. The highest BCUT2D eigenvalue weighted by Crippen LogP contribution is 2.15. The molecule has 0 aliphatic heterocycles. The first-order chi connectivity index (χ1) is 35.6. The predicted molar refractivity (Wildman–Crippen MR) is 315 cm³/mol. The third-order valence-electron chi connectivity index (χ3n) is 12.1. The Kier molecular flexibility index (Phi) is 57.5. The van der Waals surface area contributed by atoms with Crippen molar-refractivity contribution in [2.45, 2.75) is 251 Å². The second kappa shape index (κ2) is 61.1. The normalized spacial score (nSPS) is 13.3. The average Bonchev–Trinajstić information content (AvgIpc) is 3.38. The molecule has 0 aromatic rings. The van der Waals surface area contributed by atoms with Crippen LogP contribution in [-0.2, 0) is 19.1 Å². The van der Waals surface area contributed by atoms with E-state index < -0.39 is 6.10 Å². The van der Waals surface area contributed by atoms with Gasteiger partial charge in [0.1, 0.15) is 6.61 Å². The number of hydrogen-bond donors (Lipinski definition) is 1. The van der Waals surface area contributed by atoms with E-state index in [2.05, 4.69) is 160 Å². The first kappa shape index (κ1) is 67.8. The lowest BCUT2D eigenvalue weighted by molar-refractivity contribution is -0.161. The molecule has 5 nitrogen and oxygen atoms in total. The molecule has 0 radical (unpaired) electrons. The summed E-state index contributed by atoms with van der Waals surface area (Å²) in [5, 5.41) is 9.66. The van der Waals surface area contributed by atoms with Crippen LogP contribution < -0.4 is 0 Å². The standard InChI is InChI=1S/C67H108O5/c1-3-5-7-9-11-13-15-17-19-21-23-25-27-29-30-31-32-33-34-35-36-38-40-42-44-46-48-50-52-54-56-58-60-62-67(70)72-65(63-68)64-71-66(69)61-59-57-55-53-51-49-47-45-43-41-39-37-28-26-24-22-20-18-16-14-12-10-8-6-4-2/h5,7,11,13,16-19,22-25,29-30,32-33,35-36,40,42,46,48,52,54,65,68H,3-4,6,8-10,12,14-15,20-21,26-28,31,34,37-39,41,43-45,47,49-51,53,55-64H2,1-2H3/b7-5-,13-11-,18-16-,19-17-,24-22-,25-23-,30-29-,33-32-,36-35-,42-40-,48-46-,54-52-. The summed E-state index contributed by atoms with van der Waals surface area (Å²) in [5.41, 5.74) is 0. The zero-order valence-electron chi connectivity index (χ0n) is 46.4. The van der Waals surface area contributed by atoms with E-state index in [-0.39, 0.29) is 25.2 Å². The molecular formula is C67H108O5. The van der Waals surface area contributed by atoms with Crippen molar-refractivity contribution >= 4 is 11.9 Å². The second-order valence-corrected chi connectivity index (χ2v) is 19.0. The van der Waals surface area contributed by atoms with Gasteiger partial charge in [-0.3, -0.25) is 9.59 Å². The van der Waals surface area contributed by atoms with Gasteiger partial charge in [0.25, 0.3) is 0 Å². The molecule has 0 aliphatic carbocycles. The van der Waals surface area contributed by atoms with Crippen LogP contribution in [0.3, 0.4) is 0 Å². The van der Waals surface area contributed by atoms with Crippen LogP contribution in [0.2, 0.25) is 0 Å². The lowest BCUT2D eigenvalue weighted by Crippen LogP contribution is -2.28. The van der Waals surface area contributed by atoms with Crippen molar-refractivity contribution in [1.82, 2.24) is 0 Å². The Hall–Kier alpha value is -4.22. The molecule has 1 atom stereocenters. The highest BCUT2D eigenvalue weighted by molar-refractivity contribution is 5.70. The number of carbonyl (C=O) groups is 2. The van der Waals surface area contributed by atoms with E-state index in [1.165, 1.54) is 109 Å². The zero-order chi connectivity index (χ0) is 52.0. The van der Waals surface area contributed by atoms with E-state index in [4.69, 9.17) is 9.47 Å². The highest BCUT2D eigenvalue weighted by atomic mass is 16.6.